The van der Waals surface area contributed by atoms with Gasteiger partial charge in [0.2, 0.25) is 15.9 Å². The first-order valence-electron chi connectivity index (χ1n) is 9.73. The molecule has 0 saturated carbocycles. The Kier molecular flexibility index (Phi) is 7.38. The Morgan fingerprint density at radius 1 is 1.25 bits per heavy atom. The fourth-order valence-electron chi connectivity index (χ4n) is 3.49. The van der Waals surface area contributed by atoms with Crippen LogP contribution in [0.2, 0.25) is 5.02 Å². The molecule has 0 bridgehead atoms. The summed E-state index contributed by atoms with van der Waals surface area (Å²) in [5.74, 6) is -0.296. The predicted molar refractivity (Wildman–Crippen MR) is 112 cm³/mol. The van der Waals surface area contributed by atoms with Crippen molar-refractivity contribution < 1.29 is 31.3 Å². The predicted octanol–water partition coefficient (Wildman–Crippen LogP) is 2.88. The fraction of sp³-hybridized carbons (Fsp3) is 0.474. The second kappa shape index (κ2) is 9.69. The molecule has 176 valence electrons. The number of aryl methyl sites for hydroxylation is 2. The minimum atomic E-state index is -3.75. The zero-order valence-corrected chi connectivity index (χ0v) is 19.2. The third-order valence-corrected chi connectivity index (χ3v) is 7.62. The number of amides is 1. The number of carbonyl (C=O) groups excluding carboxylic acids is 1. The van der Waals surface area contributed by atoms with E-state index in [-0.39, 0.29) is 40.4 Å². The highest BCUT2D eigenvalue weighted by Gasteiger charge is 2.35. The van der Waals surface area contributed by atoms with Crippen molar-refractivity contribution in [3.63, 3.8) is 0 Å². The molecule has 1 atom stereocenters. The number of benzene rings is 1. The molecular weight excluding hydrogens is 470 g/mol. The van der Waals surface area contributed by atoms with E-state index in [1.165, 1.54) is 22.5 Å². The summed E-state index contributed by atoms with van der Waals surface area (Å²) in [6.07, 6.45) is 0. The first kappa shape index (κ1) is 24.4. The third-order valence-electron chi connectivity index (χ3n) is 5.18. The maximum absolute atomic E-state index is 12.9. The molecule has 1 aromatic carbocycles. The summed E-state index contributed by atoms with van der Waals surface area (Å²) in [6.45, 7) is 2.92. The number of rotatable bonds is 7. The van der Waals surface area contributed by atoms with Crippen LogP contribution in [0.15, 0.2) is 27.6 Å². The van der Waals surface area contributed by atoms with Crippen LogP contribution >= 0.6 is 11.6 Å². The summed E-state index contributed by atoms with van der Waals surface area (Å²) in [5.41, 5.74) is 0.634. The molecule has 1 saturated heterocycles. The molecule has 1 aliphatic rings. The van der Waals surface area contributed by atoms with Gasteiger partial charge in [0, 0.05) is 31.9 Å². The Labute approximate surface area is 189 Å². The van der Waals surface area contributed by atoms with E-state index in [4.69, 9.17) is 16.1 Å². The summed E-state index contributed by atoms with van der Waals surface area (Å²) >= 11 is 5.91. The average Bonchev–Trinajstić information content (AvgIpc) is 3.08. The number of nitrogens with one attached hydrogen (secondary N) is 1. The second-order valence-corrected chi connectivity index (χ2v) is 9.56. The number of sulfonamides is 1. The molecule has 32 heavy (non-hydrogen) atoms. The molecule has 0 spiro atoms. The van der Waals surface area contributed by atoms with E-state index in [1.807, 2.05) is 4.90 Å². The number of aromatic nitrogens is 1. The summed E-state index contributed by atoms with van der Waals surface area (Å²) in [7, 11) is -3.75. The van der Waals surface area contributed by atoms with E-state index in [0.717, 1.165) is 0 Å². The monoisotopic (exact) mass is 492 g/mol. The summed E-state index contributed by atoms with van der Waals surface area (Å²) in [4.78, 5) is 14.6. The lowest BCUT2D eigenvalue weighted by atomic mass is 10.2. The molecule has 1 unspecified atom stereocenters. The minimum absolute atomic E-state index is 0.0612. The van der Waals surface area contributed by atoms with Crippen molar-refractivity contribution in [2.24, 2.45) is 0 Å². The van der Waals surface area contributed by atoms with Crippen LogP contribution in [0, 0.1) is 13.8 Å². The molecule has 1 fully saturated rings. The van der Waals surface area contributed by atoms with Gasteiger partial charge in [0.15, 0.2) is 5.76 Å². The van der Waals surface area contributed by atoms with Crippen LogP contribution in [-0.4, -0.2) is 67.5 Å². The van der Waals surface area contributed by atoms with E-state index in [1.54, 1.807) is 20.8 Å². The molecule has 1 aliphatic heterocycles. The highest BCUT2D eigenvalue weighted by atomic mass is 35.5. The molecule has 2 aromatic rings. The van der Waals surface area contributed by atoms with Crippen LogP contribution < -0.4 is 10.1 Å². The average molecular weight is 493 g/mol. The van der Waals surface area contributed by atoms with Gasteiger partial charge in [-0.3, -0.25) is 9.69 Å². The lowest BCUT2D eigenvalue weighted by molar-refractivity contribution is -0.121. The standard InChI is InChI=1S/C19H23ClF2N4O5S/c1-11-17(13(3)31-24-11)32(28,29)26-8-6-25(7-9-26)12(2)18(27)23-14-4-5-16(15(20)10-14)30-19(21)22/h4-5,10,12,19H,6-9H2,1-3H3,(H,23,27). The first-order valence-corrected chi connectivity index (χ1v) is 11.5. The summed E-state index contributed by atoms with van der Waals surface area (Å²) in [6, 6.07) is 3.41. The number of halogens is 3. The molecule has 1 amide bonds. The maximum atomic E-state index is 12.9. The number of nitrogens with zero attached hydrogens (tertiary/aromatic N) is 3. The lowest BCUT2D eigenvalue weighted by Gasteiger charge is -2.36. The van der Waals surface area contributed by atoms with Crippen LogP contribution in [0.25, 0.3) is 0 Å². The van der Waals surface area contributed by atoms with E-state index < -0.39 is 22.7 Å². The third kappa shape index (κ3) is 5.20. The molecule has 9 nitrogen and oxygen atoms in total. The number of ether oxygens (including phenoxy) is 1. The van der Waals surface area contributed by atoms with Crippen LogP contribution in [0.5, 0.6) is 5.75 Å². The highest BCUT2D eigenvalue weighted by molar-refractivity contribution is 7.89. The smallest absolute Gasteiger partial charge is 0.387 e. The Morgan fingerprint density at radius 3 is 2.44 bits per heavy atom. The number of carbonyl (C=O) groups is 1. The quantitative estimate of drug-likeness (QED) is 0.633. The van der Waals surface area contributed by atoms with Gasteiger partial charge >= 0.3 is 6.61 Å². The van der Waals surface area contributed by atoms with Crippen molar-refractivity contribution in [2.45, 2.75) is 38.3 Å². The van der Waals surface area contributed by atoms with Gasteiger partial charge in [0.05, 0.1) is 11.1 Å². The highest BCUT2D eigenvalue weighted by Crippen LogP contribution is 2.29. The van der Waals surface area contributed by atoms with E-state index in [0.29, 0.717) is 24.5 Å². The largest absolute Gasteiger partial charge is 0.433 e. The number of anilines is 1. The van der Waals surface area contributed by atoms with Gasteiger partial charge in [0.25, 0.3) is 0 Å². The Morgan fingerprint density at radius 2 is 1.91 bits per heavy atom. The Balaban J connectivity index is 1.60. The van der Waals surface area contributed by atoms with Crippen LogP contribution in [-0.2, 0) is 14.8 Å². The van der Waals surface area contributed by atoms with Gasteiger partial charge in [-0.15, -0.1) is 0 Å². The van der Waals surface area contributed by atoms with E-state index in [9.17, 15) is 22.0 Å². The van der Waals surface area contributed by atoms with Crippen molar-refractivity contribution in [1.82, 2.24) is 14.4 Å². The topological polar surface area (TPSA) is 105 Å². The molecule has 0 aliphatic carbocycles. The summed E-state index contributed by atoms with van der Waals surface area (Å²) < 4.78 is 61.1. The number of alkyl halides is 2. The van der Waals surface area contributed by atoms with Crippen molar-refractivity contribution in [2.75, 3.05) is 31.5 Å². The number of hydrogen-bond donors (Lipinski definition) is 1. The molecule has 1 aromatic heterocycles. The second-order valence-electron chi connectivity index (χ2n) is 7.28. The molecule has 2 heterocycles. The van der Waals surface area contributed by atoms with Gasteiger partial charge in [-0.05, 0) is 39.0 Å². The van der Waals surface area contributed by atoms with Gasteiger partial charge in [-0.2, -0.15) is 13.1 Å². The zero-order valence-electron chi connectivity index (χ0n) is 17.6. The van der Waals surface area contributed by atoms with Gasteiger partial charge in [0.1, 0.15) is 16.3 Å². The molecule has 1 N–H and O–H groups in total. The van der Waals surface area contributed by atoms with Crippen LogP contribution in [0.3, 0.4) is 0 Å². The van der Waals surface area contributed by atoms with Crippen molar-refractivity contribution in [3.05, 3.63) is 34.7 Å². The van der Waals surface area contributed by atoms with Crippen LogP contribution in [0.4, 0.5) is 14.5 Å². The van der Waals surface area contributed by atoms with Crippen LogP contribution in [0.1, 0.15) is 18.4 Å². The molecule has 13 heteroatoms. The normalized spacial score (nSPS) is 16.8. The number of hydrogen-bond acceptors (Lipinski definition) is 7. The van der Waals surface area contributed by atoms with Gasteiger partial charge < -0.3 is 14.6 Å². The Hall–Kier alpha value is -2.28. The SMILES string of the molecule is Cc1noc(C)c1S(=O)(=O)N1CCN(C(C)C(=O)Nc2ccc(OC(F)F)c(Cl)c2)CC1. The first-order chi connectivity index (χ1) is 15.0. The molecule has 0 radical (unpaired) electrons. The van der Waals surface area contributed by atoms with Gasteiger partial charge in [-0.1, -0.05) is 16.8 Å². The Bertz CT molecular complexity index is 1070. The lowest BCUT2D eigenvalue weighted by Crippen LogP contribution is -2.54. The van der Waals surface area contributed by atoms with Crippen molar-refractivity contribution in [1.29, 1.82) is 0 Å². The molecule has 3 rings (SSSR count). The zero-order chi connectivity index (χ0) is 23.6. The fourth-order valence-corrected chi connectivity index (χ4v) is 5.42. The van der Waals surface area contributed by atoms with Crippen molar-refractivity contribution >= 4 is 33.2 Å². The molecular formula is C19H23ClF2N4O5S. The maximum Gasteiger partial charge on any atom is 0.387 e. The van der Waals surface area contributed by atoms with Crippen molar-refractivity contribution in [3.8, 4) is 5.75 Å². The summed E-state index contributed by atoms with van der Waals surface area (Å²) in [5, 5.41) is 6.33. The van der Waals surface area contributed by atoms with Gasteiger partial charge in [-0.25, -0.2) is 8.42 Å². The van der Waals surface area contributed by atoms with E-state index >= 15 is 0 Å². The van der Waals surface area contributed by atoms with E-state index in [2.05, 4.69) is 15.2 Å². The minimum Gasteiger partial charge on any atom is -0.433 e. The number of piperazine rings is 1.